The van der Waals surface area contributed by atoms with Gasteiger partial charge in [0.05, 0.1) is 6.10 Å². The second kappa shape index (κ2) is 5.07. The molecule has 0 saturated heterocycles. The number of hydrogen-bond acceptors (Lipinski definition) is 3. The maximum absolute atomic E-state index is 11.8. The van der Waals surface area contributed by atoms with Gasteiger partial charge in [0, 0.05) is 24.0 Å². The summed E-state index contributed by atoms with van der Waals surface area (Å²) in [5, 5.41) is 12.3. The van der Waals surface area contributed by atoms with E-state index >= 15 is 0 Å². The standard InChI is InChI=1S/C12H16N2O2/c15-11-3-1-10(2-4-11)14-12(16)9-5-7-13-8-6-9/h5-8,10-11,15H,1-4H2,(H,14,16). The lowest BCUT2D eigenvalue weighted by molar-refractivity contribution is 0.0867. The van der Waals surface area contributed by atoms with Gasteiger partial charge in [-0.25, -0.2) is 0 Å². The van der Waals surface area contributed by atoms with E-state index in [9.17, 15) is 9.90 Å². The van der Waals surface area contributed by atoms with Gasteiger partial charge in [-0.1, -0.05) is 0 Å². The maximum atomic E-state index is 11.8. The molecule has 0 atom stereocenters. The molecule has 0 aromatic carbocycles. The third kappa shape index (κ3) is 2.79. The molecule has 1 aromatic rings. The van der Waals surface area contributed by atoms with Crippen LogP contribution in [0.5, 0.6) is 0 Å². The molecular weight excluding hydrogens is 204 g/mol. The summed E-state index contributed by atoms with van der Waals surface area (Å²) in [4.78, 5) is 15.7. The predicted octanol–water partition coefficient (Wildman–Crippen LogP) is 1.11. The molecule has 1 aliphatic rings. The first-order valence-electron chi connectivity index (χ1n) is 5.64. The number of pyridine rings is 1. The molecule has 16 heavy (non-hydrogen) atoms. The van der Waals surface area contributed by atoms with Gasteiger partial charge in [-0.2, -0.15) is 0 Å². The minimum Gasteiger partial charge on any atom is -0.393 e. The van der Waals surface area contributed by atoms with E-state index in [2.05, 4.69) is 10.3 Å². The molecule has 1 heterocycles. The molecular formula is C12H16N2O2. The summed E-state index contributed by atoms with van der Waals surface area (Å²) in [6.45, 7) is 0. The Morgan fingerprint density at radius 2 is 1.88 bits per heavy atom. The predicted molar refractivity (Wildman–Crippen MR) is 60.0 cm³/mol. The Bertz CT molecular complexity index is 345. The number of aromatic nitrogens is 1. The van der Waals surface area contributed by atoms with Crippen LogP contribution in [0, 0.1) is 0 Å². The Hall–Kier alpha value is -1.42. The molecule has 1 aromatic heterocycles. The van der Waals surface area contributed by atoms with Gasteiger partial charge in [-0.05, 0) is 37.8 Å². The van der Waals surface area contributed by atoms with E-state index in [-0.39, 0.29) is 18.1 Å². The first-order chi connectivity index (χ1) is 7.75. The highest BCUT2D eigenvalue weighted by molar-refractivity contribution is 5.94. The fraction of sp³-hybridized carbons (Fsp3) is 0.500. The van der Waals surface area contributed by atoms with E-state index in [1.807, 2.05) is 0 Å². The monoisotopic (exact) mass is 220 g/mol. The zero-order chi connectivity index (χ0) is 11.4. The Balaban J connectivity index is 1.88. The van der Waals surface area contributed by atoms with Gasteiger partial charge in [0.2, 0.25) is 0 Å². The summed E-state index contributed by atoms with van der Waals surface area (Å²) < 4.78 is 0. The average Bonchev–Trinajstić information content (AvgIpc) is 2.33. The number of carbonyl (C=O) groups excluding carboxylic acids is 1. The molecule has 0 bridgehead atoms. The van der Waals surface area contributed by atoms with Crippen LogP contribution in [0.4, 0.5) is 0 Å². The highest BCUT2D eigenvalue weighted by Crippen LogP contribution is 2.18. The van der Waals surface area contributed by atoms with Crippen LogP contribution in [0.1, 0.15) is 36.0 Å². The van der Waals surface area contributed by atoms with Crippen LogP contribution in [0.3, 0.4) is 0 Å². The molecule has 1 fully saturated rings. The smallest absolute Gasteiger partial charge is 0.251 e. The van der Waals surface area contributed by atoms with Gasteiger partial charge >= 0.3 is 0 Å². The quantitative estimate of drug-likeness (QED) is 0.785. The average molecular weight is 220 g/mol. The van der Waals surface area contributed by atoms with Gasteiger partial charge in [0.15, 0.2) is 0 Å². The van der Waals surface area contributed by atoms with Crippen molar-refractivity contribution < 1.29 is 9.90 Å². The number of amides is 1. The summed E-state index contributed by atoms with van der Waals surface area (Å²) in [5.74, 6) is -0.0520. The molecule has 0 unspecified atom stereocenters. The second-order valence-corrected chi connectivity index (χ2v) is 4.21. The van der Waals surface area contributed by atoms with Crippen LogP contribution in [-0.4, -0.2) is 28.1 Å². The minimum absolute atomic E-state index is 0.0520. The van der Waals surface area contributed by atoms with Crippen molar-refractivity contribution in [3.63, 3.8) is 0 Å². The molecule has 2 N–H and O–H groups in total. The zero-order valence-electron chi connectivity index (χ0n) is 9.10. The third-order valence-corrected chi connectivity index (χ3v) is 2.97. The van der Waals surface area contributed by atoms with E-state index in [4.69, 9.17) is 0 Å². The van der Waals surface area contributed by atoms with Gasteiger partial charge in [0.1, 0.15) is 0 Å². The minimum atomic E-state index is -0.186. The molecule has 2 rings (SSSR count). The number of nitrogens with zero attached hydrogens (tertiary/aromatic N) is 1. The Kier molecular flexibility index (Phi) is 3.51. The summed E-state index contributed by atoms with van der Waals surface area (Å²) in [7, 11) is 0. The number of aliphatic hydroxyl groups is 1. The lowest BCUT2D eigenvalue weighted by Crippen LogP contribution is -2.38. The van der Waals surface area contributed by atoms with Gasteiger partial charge in [-0.15, -0.1) is 0 Å². The summed E-state index contributed by atoms with van der Waals surface area (Å²) in [5.41, 5.74) is 0.640. The number of carbonyl (C=O) groups is 1. The van der Waals surface area contributed by atoms with Gasteiger partial charge < -0.3 is 10.4 Å². The molecule has 0 aliphatic heterocycles. The van der Waals surface area contributed by atoms with E-state index in [0.29, 0.717) is 5.56 Å². The number of aliphatic hydroxyl groups excluding tert-OH is 1. The molecule has 0 spiro atoms. The number of nitrogens with one attached hydrogen (secondary N) is 1. The first-order valence-corrected chi connectivity index (χ1v) is 5.64. The third-order valence-electron chi connectivity index (χ3n) is 2.97. The highest BCUT2D eigenvalue weighted by atomic mass is 16.3. The van der Waals surface area contributed by atoms with E-state index in [1.54, 1.807) is 24.5 Å². The summed E-state index contributed by atoms with van der Waals surface area (Å²) >= 11 is 0. The topological polar surface area (TPSA) is 62.2 Å². The van der Waals surface area contributed by atoms with E-state index < -0.39 is 0 Å². The van der Waals surface area contributed by atoms with Crippen LogP contribution in [0.25, 0.3) is 0 Å². The first kappa shape index (κ1) is 11.1. The van der Waals surface area contributed by atoms with Crippen LogP contribution in [0.2, 0.25) is 0 Å². The van der Waals surface area contributed by atoms with Crippen molar-refractivity contribution in [2.24, 2.45) is 0 Å². The molecule has 0 radical (unpaired) electrons. The van der Waals surface area contributed by atoms with Gasteiger partial charge in [0.25, 0.3) is 5.91 Å². The van der Waals surface area contributed by atoms with Crippen molar-refractivity contribution in [1.82, 2.24) is 10.3 Å². The number of rotatable bonds is 2. The largest absolute Gasteiger partial charge is 0.393 e. The van der Waals surface area contributed by atoms with Crippen molar-refractivity contribution in [2.45, 2.75) is 37.8 Å². The van der Waals surface area contributed by atoms with Crippen molar-refractivity contribution in [1.29, 1.82) is 0 Å². The van der Waals surface area contributed by atoms with E-state index in [0.717, 1.165) is 25.7 Å². The van der Waals surface area contributed by atoms with Crippen LogP contribution < -0.4 is 5.32 Å². The molecule has 1 amide bonds. The summed E-state index contributed by atoms with van der Waals surface area (Å²) in [6.07, 6.45) is 6.31. The molecule has 86 valence electrons. The Morgan fingerprint density at radius 1 is 1.25 bits per heavy atom. The SMILES string of the molecule is O=C(NC1CCC(O)CC1)c1ccncc1. The molecule has 4 nitrogen and oxygen atoms in total. The van der Waals surface area contributed by atoms with Crippen LogP contribution >= 0.6 is 0 Å². The maximum Gasteiger partial charge on any atom is 0.251 e. The number of hydrogen-bond donors (Lipinski definition) is 2. The van der Waals surface area contributed by atoms with Crippen molar-refractivity contribution >= 4 is 5.91 Å². The second-order valence-electron chi connectivity index (χ2n) is 4.21. The Morgan fingerprint density at radius 3 is 2.50 bits per heavy atom. The summed E-state index contributed by atoms with van der Waals surface area (Å²) in [6, 6.07) is 3.60. The Labute approximate surface area is 94.7 Å². The van der Waals surface area contributed by atoms with E-state index in [1.165, 1.54) is 0 Å². The lowest BCUT2D eigenvalue weighted by atomic mass is 9.93. The van der Waals surface area contributed by atoms with Crippen LogP contribution in [-0.2, 0) is 0 Å². The zero-order valence-corrected chi connectivity index (χ0v) is 9.10. The van der Waals surface area contributed by atoms with Crippen molar-refractivity contribution in [3.8, 4) is 0 Å². The van der Waals surface area contributed by atoms with Crippen molar-refractivity contribution in [2.75, 3.05) is 0 Å². The fourth-order valence-electron chi connectivity index (χ4n) is 1.99. The van der Waals surface area contributed by atoms with Gasteiger partial charge in [-0.3, -0.25) is 9.78 Å². The van der Waals surface area contributed by atoms with Crippen molar-refractivity contribution in [3.05, 3.63) is 30.1 Å². The lowest BCUT2D eigenvalue weighted by Gasteiger charge is -2.26. The normalized spacial score (nSPS) is 25.1. The molecule has 4 heteroatoms. The molecule has 1 saturated carbocycles. The van der Waals surface area contributed by atoms with Crippen LogP contribution in [0.15, 0.2) is 24.5 Å². The fourth-order valence-corrected chi connectivity index (χ4v) is 1.99. The molecule has 1 aliphatic carbocycles. The highest BCUT2D eigenvalue weighted by Gasteiger charge is 2.20.